The standard InChI is InChI=1S/C37H47ClN4O6/c1-22-9-6-7-14-29(22)33(23(2)25-12-8-13-27(38)20-25)48-37(47)42-31(19-24-10-4-3-5-11-24)35(45)41-30(21-26-17-18-39-34(26)44)32(43)36(46)40-28-15-16-28/h6-9,12-14,20,23-24,26,28,30-31,33H,3-5,10-11,15-19,21H2,1-2H3,(H,39,44)(H,40,46)(H,41,45)(H,42,47). The highest BCUT2D eigenvalue weighted by Crippen LogP contribution is 2.36. The topological polar surface area (TPSA) is 143 Å². The minimum Gasteiger partial charge on any atom is -0.441 e. The number of rotatable bonds is 14. The van der Waals surface area contributed by atoms with Crippen LogP contribution in [0.4, 0.5) is 4.79 Å². The molecule has 0 radical (unpaired) electrons. The summed E-state index contributed by atoms with van der Waals surface area (Å²) in [5, 5.41) is 11.6. The number of carbonyl (C=O) groups is 5. The molecule has 2 saturated carbocycles. The molecule has 2 aromatic rings. The molecule has 0 bridgehead atoms. The summed E-state index contributed by atoms with van der Waals surface area (Å²) in [5.41, 5.74) is 2.67. The number of benzene rings is 2. The van der Waals surface area contributed by atoms with E-state index in [1.807, 2.05) is 56.3 Å². The Morgan fingerprint density at radius 2 is 1.67 bits per heavy atom. The van der Waals surface area contributed by atoms with Gasteiger partial charge in [-0.2, -0.15) is 0 Å². The molecule has 1 saturated heterocycles. The van der Waals surface area contributed by atoms with Crippen LogP contribution in [0.15, 0.2) is 48.5 Å². The molecule has 1 aliphatic heterocycles. The van der Waals surface area contributed by atoms with Crippen LogP contribution < -0.4 is 21.3 Å². The van der Waals surface area contributed by atoms with Crippen LogP contribution in [0.1, 0.15) is 99.8 Å². The van der Waals surface area contributed by atoms with Crippen molar-refractivity contribution in [1.29, 1.82) is 0 Å². The number of alkyl carbamates (subject to hydrolysis) is 1. The SMILES string of the molecule is Cc1ccccc1C(OC(=O)NC(CC1CCCCC1)C(=O)NC(CC1CCNC1=O)C(=O)C(=O)NC1CC1)C(C)c1cccc(Cl)c1. The second-order valence-corrected chi connectivity index (χ2v) is 14.1. The lowest BCUT2D eigenvalue weighted by atomic mass is 9.84. The number of nitrogens with one attached hydrogen (secondary N) is 4. The van der Waals surface area contributed by atoms with Gasteiger partial charge in [0.1, 0.15) is 12.1 Å². The highest BCUT2D eigenvalue weighted by molar-refractivity contribution is 6.38. The van der Waals surface area contributed by atoms with Crippen LogP contribution >= 0.6 is 11.6 Å². The molecule has 2 aromatic carbocycles. The Morgan fingerprint density at radius 1 is 0.917 bits per heavy atom. The molecular formula is C37H47ClN4O6. The van der Waals surface area contributed by atoms with Crippen LogP contribution in [0.3, 0.4) is 0 Å². The van der Waals surface area contributed by atoms with E-state index < -0.39 is 47.8 Å². The van der Waals surface area contributed by atoms with E-state index in [9.17, 15) is 24.0 Å². The van der Waals surface area contributed by atoms with Gasteiger partial charge in [0.15, 0.2) is 0 Å². The van der Waals surface area contributed by atoms with Crippen LogP contribution in [-0.2, 0) is 23.9 Å². The van der Waals surface area contributed by atoms with Crippen molar-refractivity contribution < 1.29 is 28.7 Å². The van der Waals surface area contributed by atoms with Gasteiger partial charge in [0.25, 0.3) is 5.91 Å². The molecule has 4 N–H and O–H groups in total. The fourth-order valence-corrected chi connectivity index (χ4v) is 7.08. The number of hydrogen-bond acceptors (Lipinski definition) is 6. The zero-order valence-corrected chi connectivity index (χ0v) is 28.5. The zero-order chi connectivity index (χ0) is 34.2. The molecule has 11 heteroatoms. The summed E-state index contributed by atoms with van der Waals surface area (Å²) in [6, 6.07) is 12.8. The van der Waals surface area contributed by atoms with Gasteiger partial charge in [-0.15, -0.1) is 0 Å². The summed E-state index contributed by atoms with van der Waals surface area (Å²) >= 11 is 6.31. The van der Waals surface area contributed by atoms with E-state index in [1.165, 1.54) is 0 Å². The van der Waals surface area contributed by atoms with Crippen molar-refractivity contribution in [3.63, 3.8) is 0 Å². The Kier molecular flexibility index (Phi) is 12.1. The van der Waals surface area contributed by atoms with Gasteiger partial charge in [0.05, 0.1) is 6.04 Å². The minimum atomic E-state index is -1.21. The van der Waals surface area contributed by atoms with Gasteiger partial charge < -0.3 is 26.0 Å². The number of hydrogen-bond donors (Lipinski definition) is 4. The van der Waals surface area contributed by atoms with Crippen molar-refractivity contribution in [1.82, 2.24) is 21.3 Å². The summed E-state index contributed by atoms with van der Waals surface area (Å²) in [5.74, 6) is -2.93. The first-order valence-electron chi connectivity index (χ1n) is 17.3. The van der Waals surface area contributed by atoms with Gasteiger partial charge >= 0.3 is 6.09 Å². The third kappa shape index (κ3) is 9.58. The summed E-state index contributed by atoms with van der Waals surface area (Å²) in [7, 11) is 0. The summed E-state index contributed by atoms with van der Waals surface area (Å²) in [6.45, 7) is 4.39. The first kappa shape index (κ1) is 35.4. The second-order valence-electron chi connectivity index (χ2n) is 13.6. The van der Waals surface area contributed by atoms with Gasteiger partial charge in [-0.3, -0.25) is 19.2 Å². The van der Waals surface area contributed by atoms with Gasteiger partial charge in [-0.05, 0) is 73.8 Å². The van der Waals surface area contributed by atoms with E-state index in [4.69, 9.17) is 16.3 Å². The Bertz CT molecular complexity index is 1490. The Labute approximate surface area is 287 Å². The Hall–Kier alpha value is -3.92. The van der Waals surface area contributed by atoms with E-state index in [1.54, 1.807) is 6.07 Å². The van der Waals surface area contributed by atoms with E-state index >= 15 is 0 Å². The first-order valence-corrected chi connectivity index (χ1v) is 17.7. The molecule has 258 valence electrons. The number of aryl methyl sites for hydroxylation is 1. The van der Waals surface area contributed by atoms with Crippen molar-refractivity contribution in [2.75, 3.05) is 6.54 Å². The maximum Gasteiger partial charge on any atom is 0.408 e. The largest absolute Gasteiger partial charge is 0.441 e. The monoisotopic (exact) mass is 678 g/mol. The molecule has 5 unspecified atom stereocenters. The van der Waals surface area contributed by atoms with E-state index in [0.717, 1.165) is 61.6 Å². The molecule has 0 spiro atoms. The predicted octanol–water partition coefficient (Wildman–Crippen LogP) is 5.42. The minimum absolute atomic E-state index is 0.00158. The number of Topliss-reactive ketones (excluding diaryl/α,β-unsaturated/α-hetero) is 1. The number of halogens is 1. The van der Waals surface area contributed by atoms with Crippen LogP contribution in [0.25, 0.3) is 0 Å². The van der Waals surface area contributed by atoms with E-state index in [-0.39, 0.29) is 30.2 Å². The molecule has 2 aliphatic carbocycles. The average Bonchev–Trinajstić information content (AvgIpc) is 3.81. The fourth-order valence-electron chi connectivity index (χ4n) is 6.89. The molecule has 0 aromatic heterocycles. The number of ether oxygens (including phenoxy) is 1. The summed E-state index contributed by atoms with van der Waals surface area (Å²) < 4.78 is 6.15. The Balaban J connectivity index is 1.36. The zero-order valence-electron chi connectivity index (χ0n) is 27.8. The molecule has 5 atom stereocenters. The molecule has 3 fully saturated rings. The highest BCUT2D eigenvalue weighted by atomic mass is 35.5. The van der Waals surface area contributed by atoms with Crippen LogP contribution in [-0.4, -0.2) is 54.3 Å². The number of ketones is 1. The van der Waals surface area contributed by atoms with Crippen molar-refractivity contribution >= 4 is 41.2 Å². The second kappa shape index (κ2) is 16.5. The highest BCUT2D eigenvalue weighted by Gasteiger charge is 2.38. The summed E-state index contributed by atoms with van der Waals surface area (Å²) in [4.78, 5) is 66.3. The van der Waals surface area contributed by atoms with Crippen molar-refractivity contribution in [2.45, 2.75) is 108 Å². The maximum absolute atomic E-state index is 14.0. The predicted molar refractivity (Wildman–Crippen MR) is 182 cm³/mol. The van der Waals surface area contributed by atoms with Crippen LogP contribution in [0.5, 0.6) is 0 Å². The van der Waals surface area contributed by atoms with Crippen LogP contribution in [0, 0.1) is 18.8 Å². The lowest BCUT2D eigenvalue weighted by Crippen LogP contribution is -2.55. The van der Waals surface area contributed by atoms with Gasteiger partial charge in [0.2, 0.25) is 17.6 Å². The number of amides is 4. The van der Waals surface area contributed by atoms with Gasteiger partial charge in [0, 0.05) is 29.4 Å². The average molecular weight is 679 g/mol. The molecule has 1 heterocycles. The Morgan fingerprint density at radius 3 is 2.33 bits per heavy atom. The molecule has 10 nitrogen and oxygen atoms in total. The third-order valence-corrected chi connectivity index (χ3v) is 10.1. The third-order valence-electron chi connectivity index (χ3n) is 9.91. The molecule has 5 rings (SSSR count). The lowest BCUT2D eigenvalue weighted by Gasteiger charge is -2.30. The lowest BCUT2D eigenvalue weighted by molar-refractivity contribution is -0.141. The maximum atomic E-state index is 14.0. The van der Waals surface area contributed by atoms with Crippen molar-refractivity contribution in [2.24, 2.45) is 11.8 Å². The van der Waals surface area contributed by atoms with E-state index in [0.29, 0.717) is 24.4 Å². The fraction of sp³-hybridized carbons (Fsp3) is 0.541. The number of carbonyl (C=O) groups excluding carboxylic acids is 5. The van der Waals surface area contributed by atoms with Crippen molar-refractivity contribution in [3.8, 4) is 0 Å². The molecule has 4 amide bonds. The smallest absolute Gasteiger partial charge is 0.408 e. The normalized spacial score (nSPS) is 20.5. The van der Waals surface area contributed by atoms with Gasteiger partial charge in [-0.25, -0.2) is 4.79 Å². The summed E-state index contributed by atoms with van der Waals surface area (Å²) in [6.07, 6.45) is 6.06. The first-order chi connectivity index (χ1) is 23.1. The van der Waals surface area contributed by atoms with E-state index in [2.05, 4.69) is 21.3 Å². The van der Waals surface area contributed by atoms with Crippen LogP contribution in [0.2, 0.25) is 5.02 Å². The molecule has 48 heavy (non-hydrogen) atoms. The molecular weight excluding hydrogens is 632 g/mol. The van der Waals surface area contributed by atoms with Crippen molar-refractivity contribution in [3.05, 3.63) is 70.2 Å². The quantitative estimate of drug-likeness (QED) is 0.197. The molecule has 3 aliphatic rings. The van der Waals surface area contributed by atoms with Gasteiger partial charge in [-0.1, -0.05) is 87.0 Å².